The molecule has 0 aliphatic heterocycles. The number of carbonyl (C=O) groups excluding carboxylic acids is 1. The van der Waals surface area contributed by atoms with Gasteiger partial charge in [0.2, 0.25) is 0 Å². The van der Waals surface area contributed by atoms with Crippen molar-refractivity contribution in [3.63, 3.8) is 0 Å². The van der Waals surface area contributed by atoms with Crippen molar-refractivity contribution in [1.82, 2.24) is 5.32 Å². The molecule has 1 amide bonds. The Morgan fingerprint density at radius 1 is 1.43 bits per heavy atom. The molecule has 0 aliphatic carbocycles. The van der Waals surface area contributed by atoms with Crippen LogP contribution in [0.2, 0.25) is 0 Å². The van der Waals surface area contributed by atoms with Gasteiger partial charge in [-0.05, 0) is 39.0 Å². The van der Waals surface area contributed by atoms with Crippen LogP contribution in [0.5, 0.6) is 0 Å². The molecule has 0 radical (unpaired) electrons. The average molecular weight is 289 g/mol. The van der Waals surface area contributed by atoms with Gasteiger partial charge in [-0.2, -0.15) is 0 Å². The zero-order valence-corrected chi connectivity index (χ0v) is 12.9. The lowest BCUT2D eigenvalue weighted by atomic mass is 10.1. The smallest absolute Gasteiger partial charge is 0.251 e. The number of hydrogen-bond donors (Lipinski definition) is 2. The van der Waals surface area contributed by atoms with Crippen LogP contribution >= 0.6 is 0 Å². The van der Waals surface area contributed by atoms with Gasteiger partial charge in [0.1, 0.15) is 0 Å². The van der Waals surface area contributed by atoms with Crippen molar-refractivity contribution in [2.75, 3.05) is 19.8 Å². The van der Waals surface area contributed by atoms with Crippen molar-refractivity contribution in [3.8, 4) is 11.8 Å². The van der Waals surface area contributed by atoms with Gasteiger partial charge in [-0.1, -0.05) is 17.9 Å². The molecule has 0 unspecified atom stereocenters. The highest BCUT2D eigenvalue weighted by Gasteiger charge is 2.18. The molecule has 1 aromatic carbocycles. The van der Waals surface area contributed by atoms with Gasteiger partial charge in [-0.15, -0.1) is 0 Å². The molecule has 0 spiro atoms. The van der Waals surface area contributed by atoms with Gasteiger partial charge in [0.05, 0.1) is 12.2 Å². The molecule has 0 saturated carbocycles. The summed E-state index contributed by atoms with van der Waals surface area (Å²) in [5.41, 5.74) is 0.946. The van der Waals surface area contributed by atoms with E-state index in [-0.39, 0.29) is 18.1 Å². The Morgan fingerprint density at radius 3 is 2.86 bits per heavy atom. The summed E-state index contributed by atoms with van der Waals surface area (Å²) < 4.78 is 5.54. The zero-order chi connectivity index (χ0) is 15.7. The van der Waals surface area contributed by atoms with Crippen molar-refractivity contribution < 1.29 is 14.6 Å². The van der Waals surface area contributed by atoms with Crippen LogP contribution in [0.4, 0.5) is 0 Å². The summed E-state index contributed by atoms with van der Waals surface area (Å²) in [7, 11) is 0. The highest BCUT2D eigenvalue weighted by Crippen LogP contribution is 2.08. The van der Waals surface area contributed by atoms with Gasteiger partial charge >= 0.3 is 0 Å². The molecule has 0 saturated heterocycles. The zero-order valence-electron chi connectivity index (χ0n) is 12.9. The molecule has 0 aliphatic rings. The lowest BCUT2D eigenvalue weighted by Crippen LogP contribution is -2.40. The van der Waals surface area contributed by atoms with E-state index in [1.807, 2.05) is 26.8 Å². The highest BCUT2D eigenvalue weighted by atomic mass is 16.5. The minimum atomic E-state index is -0.386. The number of ether oxygens (including phenoxy) is 1. The predicted molar refractivity (Wildman–Crippen MR) is 83.1 cm³/mol. The van der Waals surface area contributed by atoms with E-state index in [1.54, 1.807) is 18.2 Å². The lowest BCUT2D eigenvalue weighted by molar-refractivity contribution is -0.00815. The second kappa shape index (κ2) is 8.46. The largest absolute Gasteiger partial charge is 0.395 e. The molecule has 4 heteroatoms. The predicted octanol–water partition coefficient (Wildman–Crippen LogP) is 1.97. The van der Waals surface area contributed by atoms with E-state index in [1.165, 1.54) is 0 Å². The first kappa shape index (κ1) is 17.2. The second-order valence-electron chi connectivity index (χ2n) is 5.23. The van der Waals surface area contributed by atoms with E-state index in [0.717, 1.165) is 5.56 Å². The maximum Gasteiger partial charge on any atom is 0.251 e. The van der Waals surface area contributed by atoms with Crippen LogP contribution in [0.25, 0.3) is 0 Å². The maximum atomic E-state index is 12.1. The fourth-order valence-corrected chi connectivity index (χ4v) is 1.80. The molecule has 1 rings (SSSR count). The Hall–Kier alpha value is -1.83. The number of benzene rings is 1. The number of carbonyl (C=O) groups is 1. The molecule has 0 aromatic heterocycles. The van der Waals surface area contributed by atoms with E-state index in [4.69, 9.17) is 9.84 Å². The van der Waals surface area contributed by atoms with Crippen molar-refractivity contribution in [2.24, 2.45) is 0 Å². The topological polar surface area (TPSA) is 58.6 Å². The van der Waals surface area contributed by atoms with E-state index in [0.29, 0.717) is 25.1 Å². The normalized spacial score (nSPS) is 10.7. The summed E-state index contributed by atoms with van der Waals surface area (Å²) in [6.07, 6.45) is 0.430. The molecule has 1 aromatic rings. The Labute approximate surface area is 126 Å². The second-order valence-corrected chi connectivity index (χ2v) is 5.23. The van der Waals surface area contributed by atoms with Crippen LogP contribution in [0.1, 0.15) is 43.1 Å². The number of nitrogens with one attached hydrogen (secondary N) is 1. The summed E-state index contributed by atoms with van der Waals surface area (Å²) in [5, 5.41) is 11.6. The monoisotopic (exact) mass is 289 g/mol. The summed E-state index contributed by atoms with van der Waals surface area (Å²) in [6.45, 7) is 6.90. The van der Waals surface area contributed by atoms with Gasteiger partial charge in [0, 0.05) is 30.7 Å². The number of aliphatic hydroxyl groups is 1. The Kier molecular flexibility index (Phi) is 6.93. The minimum Gasteiger partial charge on any atom is -0.395 e. The molecule has 21 heavy (non-hydrogen) atoms. The van der Waals surface area contributed by atoms with E-state index >= 15 is 0 Å². The molecular formula is C17H23NO3. The van der Waals surface area contributed by atoms with Gasteiger partial charge in [0.25, 0.3) is 5.91 Å². The minimum absolute atomic E-state index is 0.0414. The fourth-order valence-electron chi connectivity index (χ4n) is 1.80. The SMILES string of the molecule is CCOC(C)(C)CNC(=O)c1cccc(C#CCCO)c1. The maximum absolute atomic E-state index is 12.1. The molecule has 0 heterocycles. The van der Waals surface area contributed by atoms with Crippen molar-refractivity contribution >= 4 is 5.91 Å². The van der Waals surface area contributed by atoms with Crippen LogP contribution in [0.3, 0.4) is 0 Å². The number of amides is 1. The van der Waals surface area contributed by atoms with Crippen LogP contribution in [-0.2, 0) is 4.74 Å². The summed E-state index contributed by atoms with van der Waals surface area (Å²) in [5.74, 6) is 5.61. The fraction of sp³-hybridized carbons (Fsp3) is 0.471. The van der Waals surface area contributed by atoms with E-state index in [9.17, 15) is 4.79 Å². The lowest BCUT2D eigenvalue weighted by Gasteiger charge is -2.24. The average Bonchev–Trinajstić information content (AvgIpc) is 2.45. The first-order valence-electron chi connectivity index (χ1n) is 7.10. The third kappa shape index (κ3) is 6.44. The summed E-state index contributed by atoms with van der Waals surface area (Å²) >= 11 is 0. The molecule has 4 nitrogen and oxygen atoms in total. The van der Waals surface area contributed by atoms with Crippen LogP contribution in [0, 0.1) is 11.8 Å². The molecule has 2 N–H and O–H groups in total. The third-order valence-corrected chi connectivity index (χ3v) is 2.80. The summed E-state index contributed by atoms with van der Waals surface area (Å²) in [6, 6.07) is 7.13. The van der Waals surface area contributed by atoms with Gasteiger partial charge in [-0.3, -0.25) is 4.79 Å². The first-order chi connectivity index (χ1) is 9.98. The first-order valence-corrected chi connectivity index (χ1v) is 7.10. The Morgan fingerprint density at radius 2 is 2.19 bits per heavy atom. The number of aliphatic hydroxyl groups excluding tert-OH is 1. The van der Waals surface area contributed by atoms with Crippen molar-refractivity contribution in [3.05, 3.63) is 35.4 Å². The molecule has 0 atom stereocenters. The molecular weight excluding hydrogens is 266 g/mol. The van der Waals surface area contributed by atoms with Crippen LogP contribution < -0.4 is 5.32 Å². The van der Waals surface area contributed by atoms with Crippen LogP contribution in [0.15, 0.2) is 24.3 Å². The van der Waals surface area contributed by atoms with Gasteiger partial charge in [-0.25, -0.2) is 0 Å². The summed E-state index contributed by atoms with van der Waals surface area (Å²) in [4.78, 5) is 12.1. The molecule has 114 valence electrons. The van der Waals surface area contributed by atoms with Crippen molar-refractivity contribution in [1.29, 1.82) is 0 Å². The Balaban J connectivity index is 2.67. The highest BCUT2D eigenvalue weighted by molar-refractivity contribution is 5.94. The quantitative estimate of drug-likeness (QED) is 0.787. The number of hydrogen-bond acceptors (Lipinski definition) is 3. The van der Waals surface area contributed by atoms with Crippen molar-refractivity contribution in [2.45, 2.75) is 32.8 Å². The Bertz CT molecular complexity index is 526. The van der Waals surface area contributed by atoms with Gasteiger partial charge < -0.3 is 15.2 Å². The van der Waals surface area contributed by atoms with E-state index < -0.39 is 0 Å². The van der Waals surface area contributed by atoms with Gasteiger partial charge in [0.15, 0.2) is 0 Å². The molecule has 0 fully saturated rings. The number of rotatable bonds is 6. The molecule has 0 bridgehead atoms. The third-order valence-electron chi connectivity index (χ3n) is 2.80. The standard InChI is InChI=1S/C17H23NO3/c1-4-21-17(2,3)13-18-16(20)15-10-7-9-14(12-15)8-5-6-11-19/h7,9-10,12,19H,4,6,11,13H2,1-3H3,(H,18,20). The van der Waals surface area contributed by atoms with Crippen LogP contribution in [-0.4, -0.2) is 36.4 Å². The van der Waals surface area contributed by atoms with E-state index in [2.05, 4.69) is 17.2 Å².